The molecule has 0 amide bonds. The van der Waals surface area contributed by atoms with Gasteiger partial charge in [-0.15, -0.1) is 0 Å². The average molecular weight is 356 g/mol. The Balaban J connectivity index is 2.25. The monoisotopic (exact) mass is 355 g/mol. The minimum atomic E-state index is -1.58. The highest BCUT2D eigenvalue weighted by Gasteiger charge is 2.39. The second-order valence-electron chi connectivity index (χ2n) is 5.16. The smallest absolute Gasteiger partial charge is 0.0620 e. The molecule has 0 radical (unpaired) electrons. The number of hydrogen-bond acceptors (Lipinski definition) is 0. The minimum absolute atomic E-state index is 1.14. The van der Waals surface area contributed by atoms with E-state index in [1.807, 2.05) is 0 Å². The number of hydrogen-bond donors (Lipinski definition) is 0. The maximum absolute atomic E-state index is 3.62. The van der Waals surface area contributed by atoms with E-state index < -0.39 is 7.26 Å². The molecule has 0 spiro atoms. The third kappa shape index (κ3) is 2.81. The molecule has 0 atom stereocenters. The van der Waals surface area contributed by atoms with Gasteiger partial charge in [0, 0.05) is 4.47 Å². The van der Waals surface area contributed by atoms with Gasteiger partial charge in [-0.2, -0.15) is 0 Å². The van der Waals surface area contributed by atoms with E-state index in [0.29, 0.717) is 0 Å². The third-order valence-corrected chi connectivity index (χ3v) is 8.34. The minimum Gasteiger partial charge on any atom is -0.0620 e. The lowest BCUT2D eigenvalue weighted by atomic mass is 10.4. The van der Waals surface area contributed by atoms with Gasteiger partial charge in [-0.25, -0.2) is 0 Å². The van der Waals surface area contributed by atoms with Crippen molar-refractivity contribution in [2.24, 2.45) is 0 Å². The van der Waals surface area contributed by atoms with Crippen LogP contribution in [-0.4, -0.2) is 6.66 Å². The summed E-state index contributed by atoms with van der Waals surface area (Å²) < 4.78 is 1.14. The summed E-state index contributed by atoms with van der Waals surface area (Å²) in [5.74, 6) is 0. The molecular formula is C19H17BrP+. The molecule has 0 aliphatic heterocycles. The van der Waals surface area contributed by atoms with Gasteiger partial charge >= 0.3 is 0 Å². The maximum atomic E-state index is 3.62. The summed E-state index contributed by atoms with van der Waals surface area (Å²) in [6.45, 7) is 2.40. The molecule has 0 bridgehead atoms. The van der Waals surface area contributed by atoms with Crippen LogP contribution in [0.15, 0.2) is 89.4 Å². The van der Waals surface area contributed by atoms with Crippen LogP contribution in [0, 0.1) is 0 Å². The van der Waals surface area contributed by atoms with Gasteiger partial charge in [0.15, 0.2) is 0 Å². The Bertz CT molecular complexity index is 683. The Morgan fingerprint density at radius 3 is 1.57 bits per heavy atom. The van der Waals surface area contributed by atoms with E-state index >= 15 is 0 Å². The summed E-state index contributed by atoms with van der Waals surface area (Å²) in [6, 6.07) is 30.4. The summed E-state index contributed by atoms with van der Waals surface area (Å²) >= 11 is 3.62. The lowest BCUT2D eigenvalue weighted by Gasteiger charge is -2.23. The average Bonchev–Trinajstić information content (AvgIpc) is 2.56. The van der Waals surface area contributed by atoms with Crippen LogP contribution in [0.2, 0.25) is 0 Å². The third-order valence-electron chi connectivity index (χ3n) is 3.87. The summed E-state index contributed by atoms with van der Waals surface area (Å²) in [7, 11) is -1.58. The van der Waals surface area contributed by atoms with Gasteiger partial charge in [-0.05, 0) is 42.5 Å². The normalized spacial score (nSPS) is 11.3. The van der Waals surface area contributed by atoms with Crippen LogP contribution in [-0.2, 0) is 0 Å². The molecule has 0 N–H and O–H groups in total. The van der Waals surface area contributed by atoms with Gasteiger partial charge in [-0.1, -0.05) is 58.4 Å². The van der Waals surface area contributed by atoms with Crippen LogP contribution in [0.5, 0.6) is 0 Å². The fraction of sp³-hybridized carbons (Fsp3) is 0.0526. The van der Waals surface area contributed by atoms with Crippen molar-refractivity contribution < 1.29 is 0 Å². The molecule has 104 valence electrons. The Hall–Kier alpha value is -1.43. The fourth-order valence-corrected chi connectivity index (χ4v) is 6.44. The molecule has 21 heavy (non-hydrogen) atoms. The molecule has 0 unspecified atom stereocenters. The lowest BCUT2D eigenvalue weighted by Crippen LogP contribution is -2.30. The fourth-order valence-electron chi connectivity index (χ4n) is 2.65. The van der Waals surface area contributed by atoms with Crippen molar-refractivity contribution in [1.29, 1.82) is 0 Å². The second-order valence-corrected chi connectivity index (χ2v) is 9.63. The highest BCUT2D eigenvalue weighted by molar-refractivity contribution is 9.10. The molecule has 3 aromatic carbocycles. The summed E-state index contributed by atoms with van der Waals surface area (Å²) in [4.78, 5) is 0. The molecule has 0 heterocycles. The van der Waals surface area contributed by atoms with Crippen LogP contribution in [0.4, 0.5) is 0 Å². The Morgan fingerprint density at radius 2 is 1.10 bits per heavy atom. The van der Waals surface area contributed by atoms with Gasteiger partial charge in [0.05, 0.1) is 6.66 Å². The van der Waals surface area contributed by atoms with Crippen molar-refractivity contribution in [3.8, 4) is 0 Å². The largest absolute Gasteiger partial charge is 0.109 e. The van der Waals surface area contributed by atoms with Crippen LogP contribution in [0.3, 0.4) is 0 Å². The van der Waals surface area contributed by atoms with Crippen molar-refractivity contribution in [1.82, 2.24) is 0 Å². The van der Waals surface area contributed by atoms with Crippen LogP contribution >= 0.6 is 23.2 Å². The highest BCUT2D eigenvalue weighted by atomic mass is 79.9. The van der Waals surface area contributed by atoms with Crippen LogP contribution in [0.25, 0.3) is 0 Å². The maximum Gasteiger partial charge on any atom is 0.109 e. The zero-order valence-corrected chi connectivity index (χ0v) is 14.4. The molecule has 3 rings (SSSR count). The van der Waals surface area contributed by atoms with Gasteiger partial charge in [0.2, 0.25) is 0 Å². The Labute approximate surface area is 135 Å². The topological polar surface area (TPSA) is 0 Å². The molecular weight excluding hydrogens is 339 g/mol. The van der Waals surface area contributed by atoms with Crippen molar-refractivity contribution in [2.45, 2.75) is 0 Å². The first-order valence-electron chi connectivity index (χ1n) is 6.95. The van der Waals surface area contributed by atoms with Gasteiger partial charge < -0.3 is 0 Å². The van der Waals surface area contributed by atoms with E-state index in [2.05, 4.69) is 108 Å². The molecule has 0 nitrogen and oxygen atoms in total. The second kappa shape index (κ2) is 6.13. The predicted octanol–water partition coefficient (Wildman–Crippen LogP) is 4.37. The number of halogens is 1. The first-order valence-corrected chi connectivity index (χ1v) is 9.98. The van der Waals surface area contributed by atoms with Crippen molar-refractivity contribution >= 4 is 39.1 Å². The quantitative estimate of drug-likeness (QED) is 0.612. The first kappa shape index (κ1) is 14.5. The summed E-state index contributed by atoms with van der Waals surface area (Å²) in [5.41, 5.74) is 0. The van der Waals surface area contributed by atoms with Gasteiger partial charge in [0.25, 0.3) is 0 Å². The summed E-state index contributed by atoms with van der Waals surface area (Å²) in [5, 5.41) is 4.22. The van der Waals surface area contributed by atoms with Crippen molar-refractivity contribution in [3.63, 3.8) is 0 Å². The molecule has 0 aliphatic rings. The SMILES string of the molecule is C[P+](c1ccccc1)(c1ccccc1)c1cccc(Br)c1. The van der Waals surface area contributed by atoms with E-state index in [4.69, 9.17) is 0 Å². The van der Waals surface area contributed by atoms with Gasteiger partial charge in [0.1, 0.15) is 23.2 Å². The molecule has 0 aromatic heterocycles. The van der Waals surface area contributed by atoms with Crippen LogP contribution < -0.4 is 15.9 Å². The van der Waals surface area contributed by atoms with Crippen LogP contribution in [0.1, 0.15) is 0 Å². The molecule has 0 saturated carbocycles. The standard InChI is InChI=1S/C19H17BrP/c1-21(17-10-4-2-5-11-17,18-12-6-3-7-13-18)19-14-8-9-16(20)15-19/h2-15H,1H3/q+1. The molecule has 2 heteroatoms. The number of benzene rings is 3. The Morgan fingerprint density at radius 1 is 0.619 bits per heavy atom. The van der Waals surface area contributed by atoms with E-state index in [1.54, 1.807) is 0 Å². The van der Waals surface area contributed by atoms with E-state index in [1.165, 1.54) is 15.9 Å². The molecule has 0 fully saturated rings. The number of rotatable bonds is 3. The van der Waals surface area contributed by atoms with E-state index in [9.17, 15) is 0 Å². The van der Waals surface area contributed by atoms with E-state index in [0.717, 1.165) is 4.47 Å². The Kier molecular flexibility index (Phi) is 4.24. The predicted molar refractivity (Wildman–Crippen MR) is 98.8 cm³/mol. The highest BCUT2D eigenvalue weighted by Crippen LogP contribution is 2.51. The molecule has 0 saturated heterocycles. The molecule has 0 aliphatic carbocycles. The summed E-state index contributed by atoms with van der Waals surface area (Å²) in [6.07, 6.45) is 0. The van der Waals surface area contributed by atoms with Crippen molar-refractivity contribution in [2.75, 3.05) is 6.66 Å². The van der Waals surface area contributed by atoms with Gasteiger partial charge in [-0.3, -0.25) is 0 Å². The molecule has 3 aromatic rings. The first-order chi connectivity index (χ1) is 10.2. The zero-order chi connectivity index (χ0) is 14.7. The lowest BCUT2D eigenvalue weighted by molar-refractivity contribution is 1.68. The van der Waals surface area contributed by atoms with E-state index in [-0.39, 0.29) is 0 Å². The zero-order valence-electron chi connectivity index (χ0n) is 11.9. The van der Waals surface area contributed by atoms with Crippen molar-refractivity contribution in [3.05, 3.63) is 89.4 Å².